The van der Waals surface area contributed by atoms with Crippen molar-refractivity contribution in [1.29, 1.82) is 5.26 Å². The number of rotatable bonds is 3. The molecule has 1 heterocycles. The fraction of sp³-hybridized carbons (Fsp3) is 0.714. The highest BCUT2D eigenvalue weighted by Gasteiger charge is 2.37. The summed E-state index contributed by atoms with van der Waals surface area (Å²) >= 11 is 0. The number of carbonyl (C=O) groups is 1. The third kappa shape index (κ3) is 4.56. The summed E-state index contributed by atoms with van der Waals surface area (Å²) in [6.45, 7) is 8.60. The molecule has 0 bridgehead atoms. The van der Waals surface area contributed by atoms with Gasteiger partial charge in [0, 0.05) is 23.3 Å². The van der Waals surface area contributed by atoms with Crippen molar-refractivity contribution in [3.8, 4) is 6.07 Å². The zero-order chi connectivity index (χ0) is 14.7. The van der Waals surface area contributed by atoms with E-state index in [0.717, 1.165) is 12.8 Å². The maximum Gasteiger partial charge on any atom is 0.350 e. The van der Waals surface area contributed by atoms with Gasteiger partial charge in [-0.05, 0) is 40.5 Å². The Balaban J connectivity index is 2.74. The Morgan fingerprint density at radius 2 is 1.89 bits per heavy atom. The molecule has 1 aliphatic heterocycles. The lowest BCUT2D eigenvalue weighted by molar-refractivity contribution is -0.135. The number of carbonyl (C=O) groups excluding carboxylic acids is 1. The second-order valence-electron chi connectivity index (χ2n) is 6.33. The van der Waals surface area contributed by atoms with Gasteiger partial charge in [0.25, 0.3) is 0 Å². The van der Waals surface area contributed by atoms with Crippen molar-refractivity contribution in [2.75, 3.05) is 7.11 Å². The van der Waals surface area contributed by atoms with Crippen LogP contribution in [0.15, 0.2) is 11.8 Å². The van der Waals surface area contributed by atoms with Crippen molar-refractivity contribution >= 4 is 5.97 Å². The fourth-order valence-electron chi connectivity index (χ4n) is 2.89. The number of hydrogen-bond donors (Lipinski definition) is 2. The van der Waals surface area contributed by atoms with Crippen LogP contribution in [0.2, 0.25) is 0 Å². The number of esters is 1. The van der Waals surface area contributed by atoms with Crippen LogP contribution in [0.4, 0.5) is 0 Å². The number of methoxy groups -OCH3 is 1. The second-order valence-corrected chi connectivity index (χ2v) is 6.33. The van der Waals surface area contributed by atoms with E-state index < -0.39 is 5.97 Å². The minimum absolute atomic E-state index is 0.00311. The van der Waals surface area contributed by atoms with Crippen LogP contribution < -0.4 is 10.6 Å². The molecule has 0 aliphatic carbocycles. The average Bonchev–Trinajstić information content (AvgIpc) is 2.25. The van der Waals surface area contributed by atoms with Gasteiger partial charge < -0.3 is 15.4 Å². The number of nitriles is 1. The van der Waals surface area contributed by atoms with Crippen LogP contribution in [0.1, 0.15) is 40.5 Å². The molecular formula is C14H23N3O2. The van der Waals surface area contributed by atoms with Crippen molar-refractivity contribution < 1.29 is 9.53 Å². The van der Waals surface area contributed by atoms with E-state index in [0.29, 0.717) is 0 Å². The van der Waals surface area contributed by atoms with Crippen molar-refractivity contribution in [2.45, 2.75) is 57.7 Å². The molecule has 19 heavy (non-hydrogen) atoms. The lowest BCUT2D eigenvalue weighted by atomic mass is 9.80. The molecule has 106 valence electrons. The monoisotopic (exact) mass is 265 g/mol. The molecular weight excluding hydrogens is 242 g/mol. The molecule has 0 spiro atoms. The zero-order valence-corrected chi connectivity index (χ0v) is 12.3. The summed E-state index contributed by atoms with van der Waals surface area (Å²) in [4.78, 5) is 11.3. The first-order chi connectivity index (χ1) is 8.69. The number of hydrogen-bond acceptors (Lipinski definition) is 5. The molecule has 0 amide bonds. The Labute approximate surface area is 115 Å². The van der Waals surface area contributed by atoms with Crippen molar-refractivity contribution in [2.24, 2.45) is 0 Å². The topological polar surface area (TPSA) is 74.2 Å². The van der Waals surface area contributed by atoms with E-state index in [-0.39, 0.29) is 22.7 Å². The molecule has 0 aromatic heterocycles. The lowest BCUT2D eigenvalue weighted by Gasteiger charge is -2.46. The highest BCUT2D eigenvalue weighted by atomic mass is 16.5. The first-order valence-electron chi connectivity index (χ1n) is 6.43. The molecule has 2 N–H and O–H groups in total. The fourth-order valence-corrected chi connectivity index (χ4v) is 2.89. The minimum atomic E-state index is -0.609. The normalized spacial score (nSPS) is 22.4. The van der Waals surface area contributed by atoms with Crippen molar-refractivity contribution in [3.05, 3.63) is 11.8 Å². The maximum atomic E-state index is 11.3. The summed E-state index contributed by atoms with van der Waals surface area (Å²) < 4.78 is 4.54. The number of nitrogens with zero attached hydrogens (tertiary/aromatic N) is 1. The van der Waals surface area contributed by atoms with Crippen LogP contribution in [-0.2, 0) is 9.53 Å². The number of nitrogens with one attached hydrogen (secondary N) is 2. The van der Waals surface area contributed by atoms with Gasteiger partial charge in [0.2, 0.25) is 0 Å². The quantitative estimate of drug-likeness (QED) is 0.459. The third-order valence-electron chi connectivity index (χ3n) is 3.18. The Kier molecular flexibility index (Phi) is 4.59. The molecule has 0 radical (unpaired) electrons. The van der Waals surface area contributed by atoms with E-state index in [1.807, 2.05) is 6.07 Å². The Hall–Kier alpha value is -1.54. The Morgan fingerprint density at radius 3 is 2.32 bits per heavy atom. The van der Waals surface area contributed by atoms with Gasteiger partial charge in [0.1, 0.15) is 6.07 Å². The predicted octanol–water partition coefficient (Wildman–Crippen LogP) is 1.47. The van der Waals surface area contributed by atoms with E-state index >= 15 is 0 Å². The number of piperidine rings is 1. The van der Waals surface area contributed by atoms with Gasteiger partial charge in [-0.3, -0.25) is 0 Å². The summed E-state index contributed by atoms with van der Waals surface area (Å²) in [5.74, 6) is -0.609. The maximum absolute atomic E-state index is 11.3. The molecule has 1 fully saturated rings. The molecule has 1 rings (SSSR count). The lowest BCUT2D eigenvalue weighted by Crippen LogP contribution is -2.61. The minimum Gasteiger partial charge on any atom is -0.465 e. The van der Waals surface area contributed by atoms with Crippen LogP contribution in [0.5, 0.6) is 0 Å². The highest BCUT2D eigenvalue weighted by Crippen LogP contribution is 2.28. The van der Waals surface area contributed by atoms with Crippen molar-refractivity contribution in [3.63, 3.8) is 0 Å². The summed E-state index contributed by atoms with van der Waals surface area (Å²) in [5.41, 5.74) is 0.0352. The standard InChI is InChI=1S/C14H23N3O2/c1-13(2)6-11(7-14(3,4)17-13)16-9-10(8-15)12(18)19-5/h9,11,16-17H,6-7H2,1-5H3. The van der Waals surface area contributed by atoms with Crippen molar-refractivity contribution in [1.82, 2.24) is 10.6 Å². The second kappa shape index (κ2) is 5.62. The highest BCUT2D eigenvalue weighted by molar-refractivity contribution is 5.92. The van der Waals surface area contributed by atoms with Gasteiger partial charge in [-0.1, -0.05) is 0 Å². The molecule has 0 aromatic carbocycles. The molecule has 1 aliphatic rings. The van der Waals surface area contributed by atoms with E-state index in [9.17, 15) is 4.79 Å². The molecule has 5 heteroatoms. The number of ether oxygens (including phenoxy) is 1. The van der Waals surface area contributed by atoms with E-state index in [2.05, 4.69) is 43.1 Å². The largest absolute Gasteiger partial charge is 0.465 e. The van der Waals surface area contributed by atoms with E-state index in [4.69, 9.17) is 5.26 Å². The van der Waals surface area contributed by atoms with Gasteiger partial charge in [0.15, 0.2) is 5.57 Å². The van der Waals surface area contributed by atoms with Crippen LogP contribution in [0, 0.1) is 11.3 Å². The van der Waals surface area contributed by atoms with Gasteiger partial charge in [0.05, 0.1) is 7.11 Å². The molecule has 0 atom stereocenters. The van der Waals surface area contributed by atoms with Crippen LogP contribution in [0.3, 0.4) is 0 Å². The van der Waals surface area contributed by atoms with Gasteiger partial charge >= 0.3 is 5.97 Å². The first-order valence-corrected chi connectivity index (χ1v) is 6.43. The molecule has 5 nitrogen and oxygen atoms in total. The van der Waals surface area contributed by atoms with Gasteiger partial charge in [-0.15, -0.1) is 0 Å². The Morgan fingerprint density at radius 1 is 1.37 bits per heavy atom. The van der Waals surface area contributed by atoms with E-state index in [1.54, 1.807) is 0 Å². The first kappa shape index (κ1) is 15.5. The zero-order valence-electron chi connectivity index (χ0n) is 12.3. The smallest absolute Gasteiger partial charge is 0.350 e. The predicted molar refractivity (Wildman–Crippen MR) is 73.2 cm³/mol. The third-order valence-corrected chi connectivity index (χ3v) is 3.18. The summed E-state index contributed by atoms with van der Waals surface area (Å²) in [7, 11) is 1.27. The van der Waals surface area contributed by atoms with Gasteiger partial charge in [-0.25, -0.2) is 4.79 Å². The average molecular weight is 265 g/mol. The Bertz CT molecular complexity index is 403. The van der Waals surface area contributed by atoms with Crippen LogP contribution in [-0.4, -0.2) is 30.2 Å². The SMILES string of the molecule is COC(=O)C(C#N)=CNC1CC(C)(C)NC(C)(C)C1. The van der Waals surface area contributed by atoms with Crippen LogP contribution >= 0.6 is 0 Å². The molecule has 0 aromatic rings. The van der Waals surface area contributed by atoms with E-state index in [1.165, 1.54) is 13.3 Å². The summed E-state index contributed by atoms with van der Waals surface area (Å²) in [6, 6.07) is 2.06. The molecule has 1 saturated heterocycles. The summed E-state index contributed by atoms with van der Waals surface area (Å²) in [5, 5.41) is 15.6. The molecule has 0 saturated carbocycles. The van der Waals surface area contributed by atoms with Gasteiger partial charge in [-0.2, -0.15) is 5.26 Å². The summed E-state index contributed by atoms with van der Waals surface area (Å²) in [6.07, 6.45) is 3.31. The molecule has 0 unspecified atom stereocenters. The van der Waals surface area contributed by atoms with Crippen LogP contribution in [0.25, 0.3) is 0 Å².